The summed E-state index contributed by atoms with van der Waals surface area (Å²) in [4.78, 5) is 14.1. The second kappa shape index (κ2) is 3.51. The van der Waals surface area contributed by atoms with Gasteiger partial charge in [-0.15, -0.1) is 0 Å². The minimum Gasteiger partial charge on any atom is -0.458 e. The van der Waals surface area contributed by atoms with Crippen LogP contribution in [0.2, 0.25) is 0 Å². The number of carbonyl (C=O) groups is 1. The average molecular weight is 182 g/mol. The Kier molecular flexibility index (Phi) is 2.60. The van der Waals surface area contributed by atoms with Gasteiger partial charge in [-0.3, -0.25) is 0 Å². The molecule has 0 saturated heterocycles. The average Bonchev–Trinajstić information content (AvgIpc) is 2.31. The van der Waals surface area contributed by atoms with E-state index in [-0.39, 0.29) is 6.10 Å². The fraction of sp³-hybridized carbons (Fsp3) is 0.444. The maximum atomic E-state index is 11.4. The van der Waals surface area contributed by atoms with Crippen molar-refractivity contribution in [2.24, 2.45) is 0 Å². The zero-order valence-electron chi connectivity index (χ0n) is 8.05. The van der Waals surface area contributed by atoms with Gasteiger partial charge in [-0.05, 0) is 26.3 Å². The predicted octanol–water partition coefficient (Wildman–Crippen LogP) is 1.47. The SMILES string of the molecule is Cc1c[nH]c(C(=O)OC(C)C)c1N. The van der Waals surface area contributed by atoms with Gasteiger partial charge in [0.15, 0.2) is 0 Å². The van der Waals surface area contributed by atoms with Crippen LogP contribution >= 0.6 is 0 Å². The summed E-state index contributed by atoms with van der Waals surface area (Å²) in [6.07, 6.45) is 1.56. The highest BCUT2D eigenvalue weighted by molar-refractivity contribution is 5.94. The number of esters is 1. The summed E-state index contributed by atoms with van der Waals surface area (Å²) in [7, 11) is 0. The second-order valence-electron chi connectivity index (χ2n) is 3.21. The Balaban J connectivity index is 2.83. The number of nitrogens with one attached hydrogen (secondary N) is 1. The van der Waals surface area contributed by atoms with Crippen molar-refractivity contribution in [2.75, 3.05) is 5.73 Å². The van der Waals surface area contributed by atoms with Gasteiger partial charge in [-0.25, -0.2) is 4.79 Å². The molecule has 13 heavy (non-hydrogen) atoms. The number of aromatic nitrogens is 1. The molecule has 0 aliphatic heterocycles. The van der Waals surface area contributed by atoms with Crippen molar-refractivity contribution >= 4 is 11.7 Å². The lowest BCUT2D eigenvalue weighted by Gasteiger charge is -2.06. The van der Waals surface area contributed by atoms with Crippen molar-refractivity contribution in [1.29, 1.82) is 0 Å². The first-order valence-electron chi connectivity index (χ1n) is 4.16. The monoisotopic (exact) mass is 182 g/mol. The zero-order chi connectivity index (χ0) is 10.0. The van der Waals surface area contributed by atoms with Crippen LogP contribution in [0.1, 0.15) is 29.9 Å². The number of H-pyrrole nitrogens is 1. The Labute approximate surface area is 77.1 Å². The molecule has 0 aromatic carbocycles. The lowest BCUT2D eigenvalue weighted by molar-refractivity contribution is 0.0373. The standard InChI is InChI=1S/C9H14N2O2/c1-5(2)13-9(12)8-7(10)6(3)4-11-8/h4-5,11H,10H2,1-3H3. The molecule has 3 N–H and O–H groups in total. The van der Waals surface area contributed by atoms with Gasteiger partial charge < -0.3 is 15.5 Å². The first-order valence-corrected chi connectivity index (χ1v) is 4.16. The molecule has 1 aromatic rings. The van der Waals surface area contributed by atoms with E-state index < -0.39 is 5.97 Å². The Morgan fingerprint density at radius 3 is 2.62 bits per heavy atom. The van der Waals surface area contributed by atoms with E-state index in [4.69, 9.17) is 10.5 Å². The third-order valence-electron chi connectivity index (χ3n) is 1.67. The van der Waals surface area contributed by atoms with Crippen LogP contribution in [0.25, 0.3) is 0 Å². The Morgan fingerprint density at radius 1 is 1.62 bits per heavy atom. The molecule has 4 nitrogen and oxygen atoms in total. The molecule has 72 valence electrons. The highest BCUT2D eigenvalue weighted by Gasteiger charge is 2.15. The molecule has 0 amide bonds. The molecule has 0 aliphatic carbocycles. The van der Waals surface area contributed by atoms with Crippen LogP contribution < -0.4 is 5.73 Å². The summed E-state index contributed by atoms with van der Waals surface area (Å²) < 4.78 is 4.98. The Morgan fingerprint density at radius 2 is 2.23 bits per heavy atom. The zero-order valence-corrected chi connectivity index (χ0v) is 8.05. The number of aromatic amines is 1. The highest BCUT2D eigenvalue weighted by atomic mass is 16.5. The number of nitrogens with two attached hydrogens (primary N) is 1. The quantitative estimate of drug-likeness (QED) is 0.680. The van der Waals surface area contributed by atoms with Crippen molar-refractivity contribution in [3.05, 3.63) is 17.5 Å². The molecule has 0 saturated carbocycles. The van der Waals surface area contributed by atoms with E-state index in [0.29, 0.717) is 11.4 Å². The lowest BCUT2D eigenvalue weighted by Crippen LogP contribution is -2.13. The molecule has 4 heteroatoms. The number of hydrogen-bond acceptors (Lipinski definition) is 3. The third kappa shape index (κ3) is 2.02. The smallest absolute Gasteiger partial charge is 0.357 e. The summed E-state index contributed by atoms with van der Waals surface area (Å²) in [5.41, 5.74) is 7.31. The number of anilines is 1. The number of aryl methyl sites for hydroxylation is 1. The van der Waals surface area contributed by atoms with Crippen LogP contribution in [0.5, 0.6) is 0 Å². The van der Waals surface area contributed by atoms with Gasteiger partial charge in [-0.1, -0.05) is 0 Å². The van der Waals surface area contributed by atoms with Crippen molar-refractivity contribution in [3.63, 3.8) is 0 Å². The molecule has 0 fully saturated rings. The summed E-state index contributed by atoms with van der Waals surface area (Å²) >= 11 is 0. The van der Waals surface area contributed by atoms with Crippen LogP contribution in [0, 0.1) is 6.92 Å². The molecular formula is C9H14N2O2. The molecule has 1 heterocycles. The number of carbonyl (C=O) groups excluding carboxylic acids is 1. The Hall–Kier alpha value is -1.45. The Bertz CT molecular complexity index is 315. The van der Waals surface area contributed by atoms with E-state index in [1.165, 1.54) is 0 Å². The number of ether oxygens (including phenoxy) is 1. The molecule has 1 rings (SSSR count). The van der Waals surface area contributed by atoms with Gasteiger partial charge in [0.25, 0.3) is 0 Å². The van der Waals surface area contributed by atoms with E-state index in [2.05, 4.69) is 4.98 Å². The van der Waals surface area contributed by atoms with E-state index >= 15 is 0 Å². The predicted molar refractivity (Wildman–Crippen MR) is 50.5 cm³/mol. The summed E-state index contributed by atoms with van der Waals surface area (Å²) in [5, 5.41) is 0. The van der Waals surface area contributed by atoms with Gasteiger partial charge in [0.2, 0.25) is 0 Å². The van der Waals surface area contributed by atoms with Crippen molar-refractivity contribution in [2.45, 2.75) is 26.9 Å². The number of hydrogen-bond donors (Lipinski definition) is 2. The van der Waals surface area contributed by atoms with E-state index in [1.54, 1.807) is 20.0 Å². The van der Waals surface area contributed by atoms with E-state index in [9.17, 15) is 4.79 Å². The van der Waals surface area contributed by atoms with Crippen LogP contribution in [-0.2, 0) is 4.74 Å². The molecule has 0 aliphatic rings. The molecular weight excluding hydrogens is 168 g/mol. The molecule has 0 atom stereocenters. The van der Waals surface area contributed by atoms with Crippen molar-refractivity contribution < 1.29 is 9.53 Å². The topological polar surface area (TPSA) is 68.1 Å². The lowest BCUT2D eigenvalue weighted by atomic mass is 10.3. The number of rotatable bonds is 2. The summed E-state index contributed by atoms with van der Waals surface area (Å²) in [5.74, 6) is -0.402. The van der Waals surface area contributed by atoms with E-state index in [0.717, 1.165) is 5.56 Å². The first kappa shape index (κ1) is 9.64. The van der Waals surface area contributed by atoms with Crippen LogP contribution in [0.3, 0.4) is 0 Å². The number of nitrogen functional groups attached to an aromatic ring is 1. The van der Waals surface area contributed by atoms with Gasteiger partial charge >= 0.3 is 5.97 Å². The molecule has 0 spiro atoms. The first-order chi connectivity index (χ1) is 6.02. The fourth-order valence-electron chi connectivity index (χ4n) is 0.975. The minimum absolute atomic E-state index is 0.129. The van der Waals surface area contributed by atoms with Crippen LogP contribution in [0.15, 0.2) is 6.20 Å². The molecule has 0 unspecified atom stereocenters. The van der Waals surface area contributed by atoms with E-state index in [1.807, 2.05) is 6.92 Å². The normalized spacial score (nSPS) is 10.5. The van der Waals surface area contributed by atoms with Gasteiger partial charge in [0.05, 0.1) is 11.8 Å². The molecule has 1 aromatic heterocycles. The highest BCUT2D eigenvalue weighted by Crippen LogP contribution is 2.16. The van der Waals surface area contributed by atoms with Crippen LogP contribution in [0.4, 0.5) is 5.69 Å². The van der Waals surface area contributed by atoms with Gasteiger partial charge in [0, 0.05) is 6.20 Å². The third-order valence-corrected chi connectivity index (χ3v) is 1.67. The minimum atomic E-state index is -0.402. The fourth-order valence-corrected chi connectivity index (χ4v) is 0.975. The second-order valence-corrected chi connectivity index (χ2v) is 3.21. The van der Waals surface area contributed by atoms with Crippen molar-refractivity contribution in [1.82, 2.24) is 4.98 Å². The largest absolute Gasteiger partial charge is 0.458 e. The van der Waals surface area contributed by atoms with Crippen molar-refractivity contribution in [3.8, 4) is 0 Å². The maximum absolute atomic E-state index is 11.4. The summed E-state index contributed by atoms with van der Waals surface area (Å²) in [6.45, 7) is 5.42. The summed E-state index contributed by atoms with van der Waals surface area (Å²) in [6, 6.07) is 0. The maximum Gasteiger partial charge on any atom is 0.357 e. The van der Waals surface area contributed by atoms with Gasteiger partial charge in [0.1, 0.15) is 5.69 Å². The van der Waals surface area contributed by atoms with Crippen LogP contribution in [-0.4, -0.2) is 17.1 Å². The molecule has 0 bridgehead atoms. The van der Waals surface area contributed by atoms with Gasteiger partial charge in [-0.2, -0.15) is 0 Å². The molecule has 0 radical (unpaired) electrons.